The molecular weight excluding hydrogens is 458 g/mol. The summed E-state index contributed by atoms with van der Waals surface area (Å²) in [7, 11) is -3.07. The summed E-state index contributed by atoms with van der Waals surface area (Å²) in [5.74, 6) is 0.349. The molecule has 33 heavy (non-hydrogen) atoms. The average molecular weight is 482 g/mol. The summed E-state index contributed by atoms with van der Waals surface area (Å²) >= 11 is 1.59. The van der Waals surface area contributed by atoms with Crippen molar-refractivity contribution in [1.29, 1.82) is 0 Å². The number of hydrogen-bond acceptors (Lipinski definition) is 7. The van der Waals surface area contributed by atoms with Gasteiger partial charge < -0.3 is 5.32 Å². The molecule has 1 N–H and O–H groups in total. The number of hydrogen-bond donors (Lipinski definition) is 1. The van der Waals surface area contributed by atoms with E-state index >= 15 is 0 Å². The molecule has 0 radical (unpaired) electrons. The number of nitrogens with one attached hydrogen (secondary N) is 1. The van der Waals surface area contributed by atoms with Crippen molar-refractivity contribution >= 4 is 54.0 Å². The van der Waals surface area contributed by atoms with E-state index in [-0.39, 0.29) is 23.5 Å². The Morgan fingerprint density at radius 1 is 1.15 bits per heavy atom. The second-order valence-corrected chi connectivity index (χ2v) is 12.5. The number of sulfone groups is 1. The van der Waals surface area contributed by atoms with Gasteiger partial charge in [-0.2, -0.15) is 5.10 Å². The predicted octanol–water partition coefficient (Wildman–Crippen LogP) is 4.15. The molecule has 0 unspecified atom stereocenters. The molecule has 2 aliphatic rings. The zero-order chi connectivity index (χ0) is 22.9. The van der Waals surface area contributed by atoms with Gasteiger partial charge in [0, 0.05) is 17.3 Å². The maximum atomic E-state index is 13.5. The third-order valence-corrected chi connectivity index (χ3v) is 9.09. The summed E-state index contributed by atoms with van der Waals surface area (Å²) in [6.07, 6.45) is 2.61. The first-order chi connectivity index (χ1) is 15.8. The van der Waals surface area contributed by atoms with Crippen molar-refractivity contribution in [2.24, 2.45) is 0 Å². The van der Waals surface area contributed by atoms with E-state index in [1.54, 1.807) is 16.0 Å². The fourth-order valence-electron chi connectivity index (χ4n) is 4.64. The number of thiazole rings is 1. The Labute approximate surface area is 195 Å². The van der Waals surface area contributed by atoms with Crippen LogP contribution in [0.4, 0.5) is 5.69 Å². The molecule has 2 fully saturated rings. The summed E-state index contributed by atoms with van der Waals surface area (Å²) in [5, 5.41) is 9.36. The molecule has 4 aromatic rings. The first kappa shape index (κ1) is 20.7. The number of nitrogens with zero attached hydrogens (tertiary/aromatic N) is 4. The van der Waals surface area contributed by atoms with Crippen molar-refractivity contribution < 1.29 is 13.2 Å². The van der Waals surface area contributed by atoms with Crippen molar-refractivity contribution in [3.63, 3.8) is 0 Å². The van der Waals surface area contributed by atoms with E-state index in [0.717, 1.165) is 33.8 Å². The van der Waals surface area contributed by atoms with Crippen molar-refractivity contribution in [2.45, 2.75) is 45.1 Å². The molecule has 1 amide bonds. The van der Waals surface area contributed by atoms with Gasteiger partial charge in [-0.25, -0.2) is 23.1 Å². The Balaban J connectivity index is 1.43. The minimum atomic E-state index is -3.07. The van der Waals surface area contributed by atoms with Gasteiger partial charge in [0.15, 0.2) is 15.5 Å². The van der Waals surface area contributed by atoms with Gasteiger partial charge in [0.05, 0.1) is 49.4 Å². The highest BCUT2D eigenvalue weighted by molar-refractivity contribution is 7.91. The first-order valence-electron chi connectivity index (χ1n) is 11.1. The molecule has 10 heteroatoms. The number of benzene rings is 1. The maximum absolute atomic E-state index is 13.5. The van der Waals surface area contributed by atoms with E-state index in [1.165, 1.54) is 0 Å². The van der Waals surface area contributed by atoms with Crippen LogP contribution in [0.1, 0.15) is 58.0 Å². The van der Waals surface area contributed by atoms with Gasteiger partial charge in [-0.3, -0.25) is 4.79 Å². The van der Waals surface area contributed by atoms with Crippen LogP contribution >= 0.6 is 11.3 Å². The number of carbonyl (C=O) groups excluding carboxylic acids is 1. The predicted molar refractivity (Wildman–Crippen MR) is 129 cm³/mol. The standard InChI is InChI=1S/C23H23N5O3S2/c1-12-21-17(23(29)25-15-5-6-18-20(9-15)32-13(2)24-18)10-19(14-3-4-14)26-22(21)28(27-12)16-7-8-33(30,31)11-16/h5-6,9-10,14,16H,3-4,7-8,11H2,1-2H3,(H,25,29)/t16-/m0/s1. The zero-order valence-electron chi connectivity index (χ0n) is 18.3. The van der Waals surface area contributed by atoms with Crippen LogP contribution in [0.25, 0.3) is 21.3 Å². The lowest BCUT2D eigenvalue weighted by molar-refractivity contribution is 0.102. The van der Waals surface area contributed by atoms with E-state index < -0.39 is 9.84 Å². The van der Waals surface area contributed by atoms with Crippen LogP contribution < -0.4 is 5.32 Å². The van der Waals surface area contributed by atoms with Crippen LogP contribution in [0.15, 0.2) is 24.3 Å². The third-order valence-electron chi connectivity index (χ3n) is 6.40. The molecule has 1 aliphatic carbocycles. The molecule has 8 nitrogen and oxygen atoms in total. The van der Waals surface area contributed by atoms with Gasteiger partial charge in [0.1, 0.15) is 0 Å². The zero-order valence-corrected chi connectivity index (χ0v) is 20.0. The first-order valence-corrected chi connectivity index (χ1v) is 13.7. The highest BCUT2D eigenvalue weighted by atomic mass is 32.2. The molecule has 1 aromatic carbocycles. The average Bonchev–Trinajstić information content (AvgIpc) is 3.35. The van der Waals surface area contributed by atoms with Gasteiger partial charge in [0.25, 0.3) is 5.91 Å². The largest absolute Gasteiger partial charge is 0.322 e. The number of rotatable bonds is 4. The Morgan fingerprint density at radius 2 is 1.97 bits per heavy atom. The summed E-state index contributed by atoms with van der Waals surface area (Å²) in [6, 6.07) is 7.35. The monoisotopic (exact) mass is 481 g/mol. The van der Waals surface area contributed by atoms with E-state index in [0.29, 0.717) is 40.3 Å². The molecule has 1 saturated carbocycles. The topological polar surface area (TPSA) is 107 Å². The SMILES string of the molecule is Cc1nc2ccc(NC(=O)c3cc(C4CC4)nc4c3c(C)nn4[C@H]3CCS(=O)(=O)C3)cc2s1. The number of pyridine rings is 1. The van der Waals surface area contributed by atoms with Gasteiger partial charge in [0.2, 0.25) is 0 Å². The number of anilines is 1. The fraction of sp³-hybridized carbons (Fsp3) is 0.391. The lowest BCUT2D eigenvalue weighted by atomic mass is 10.1. The molecule has 4 heterocycles. The Bertz CT molecular complexity index is 1550. The fourth-order valence-corrected chi connectivity index (χ4v) is 7.20. The summed E-state index contributed by atoms with van der Waals surface area (Å²) in [6.45, 7) is 3.82. The third kappa shape index (κ3) is 3.71. The quantitative estimate of drug-likeness (QED) is 0.469. The van der Waals surface area contributed by atoms with Crippen LogP contribution in [0, 0.1) is 13.8 Å². The Kier molecular flexibility index (Phi) is 4.60. The van der Waals surface area contributed by atoms with Crippen LogP contribution in [-0.4, -0.2) is 45.6 Å². The van der Waals surface area contributed by atoms with Crippen LogP contribution in [0.5, 0.6) is 0 Å². The minimum Gasteiger partial charge on any atom is -0.322 e. The van der Waals surface area contributed by atoms with Crippen molar-refractivity contribution in [1.82, 2.24) is 19.7 Å². The number of carbonyl (C=O) groups is 1. The number of aromatic nitrogens is 4. The summed E-state index contributed by atoms with van der Waals surface area (Å²) in [4.78, 5) is 22.8. The minimum absolute atomic E-state index is 0.0639. The van der Waals surface area contributed by atoms with Crippen LogP contribution in [0.3, 0.4) is 0 Å². The number of amides is 1. The summed E-state index contributed by atoms with van der Waals surface area (Å²) < 4.78 is 26.9. The van der Waals surface area contributed by atoms with Gasteiger partial charge in [-0.1, -0.05) is 0 Å². The second-order valence-electron chi connectivity index (χ2n) is 9.02. The Morgan fingerprint density at radius 3 is 2.70 bits per heavy atom. The van der Waals surface area contributed by atoms with Crippen molar-refractivity contribution in [3.05, 3.63) is 46.2 Å². The number of aryl methyl sites for hydroxylation is 2. The van der Waals surface area contributed by atoms with Crippen molar-refractivity contribution in [2.75, 3.05) is 16.8 Å². The normalized spacial score (nSPS) is 20.0. The maximum Gasteiger partial charge on any atom is 0.256 e. The van der Waals surface area contributed by atoms with E-state index in [9.17, 15) is 13.2 Å². The lowest BCUT2D eigenvalue weighted by Crippen LogP contribution is -2.15. The van der Waals surface area contributed by atoms with Crippen LogP contribution in [-0.2, 0) is 9.84 Å². The molecule has 1 saturated heterocycles. The van der Waals surface area contributed by atoms with E-state index in [1.807, 2.05) is 38.1 Å². The highest BCUT2D eigenvalue weighted by Gasteiger charge is 2.34. The molecular formula is C23H23N5O3S2. The van der Waals surface area contributed by atoms with Gasteiger partial charge in [-0.05, 0) is 57.4 Å². The molecule has 1 atom stereocenters. The number of fused-ring (bicyclic) bond motifs is 2. The molecule has 3 aromatic heterocycles. The van der Waals surface area contributed by atoms with Crippen molar-refractivity contribution in [3.8, 4) is 0 Å². The second kappa shape index (κ2) is 7.33. The van der Waals surface area contributed by atoms with Gasteiger partial charge in [-0.15, -0.1) is 11.3 Å². The molecule has 6 rings (SSSR count). The molecule has 170 valence electrons. The molecule has 0 spiro atoms. The van der Waals surface area contributed by atoms with E-state index in [4.69, 9.17) is 4.98 Å². The Hall–Kier alpha value is -2.85. The van der Waals surface area contributed by atoms with Gasteiger partial charge >= 0.3 is 0 Å². The lowest BCUT2D eigenvalue weighted by Gasteiger charge is -2.12. The summed E-state index contributed by atoms with van der Waals surface area (Å²) in [5.41, 5.74) is 4.33. The molecule has 1 aliphatic heterocycles. The van der Waals surface area contributed by atoms with E-state index in [2.05, 4.69) is 15.4 Å². The van der Waals surface area contributed by atoms with Crippen LogP contribution in [0.2, 0.25) is 0 Å². The highest BCUT2D eigenvalue weighted by Crippen LogP contribution is 2.41. The smallest absolute Gasteiger partial charge is 0.256 e. The molecule has 0 bridgehead atoms.